The fraction of sp³-hybridized carbons (Fsp3) is 0.476. The largest absolute Gasteiger partial charge is 0.465 e. The van der Waals surface area contributed by atoms with Crippen LogP contribution in [0, 0.1) is 0 Å². The molecule has 0 spiro atoms. The lowest BCUT2D eigenvalue weighted by atomic mass is 9.99. The summed E-state index contributed by atoms with van der Waals surface area (Å²) in [6, 6.07) is 6.16. The van der Waals surface area contributed by atoms with Crippen molar-refractivity contribution in [2.75, 3.05) is 51.4 Å². The third-order valence-corrected chi connectivity index (χ3v) is 5.47. The van der Waals surface area contributed by atoms with Crippen molar-refractivity contribution in [3.63, 3.8) is 0 Å². The van der Waals surface area contributed by atoms with Gasteiger partial charge in [0.2, 0.25) is 0 Å². The maximum Gasteiger partial charge on any atom is 0.404 e. The lowest BCUT2D eigenvalue weighted by molar-refractivity contribution is 0.0382. The van der Waals surface area contributed by atoms with Crippen LogP contribution in [0.4, 0.5) is 16.2 Å². The third-order valence-electron chi connectivity index (χ3n) is 5.10. The van der Waals surface area contributed by atoms with E-state index < -0.39 is 6.09 Å². The van der Waals surface area contributed by atoms with Crippen LogP contribution in [0.5, 0.6) is 0 Å². The number of ether oxygens (including phenoxy) is 2. The van der Waals surface area contributed by atoms with Crippen LogP contribution in [0.15, 0.2) is 29.2 Å². The monoisotopic (exact) mass is 465 g/mol. The molecule has 2 aromatic rings. The molecule has 0 saturated heterocycles. The van der Waals surface area contributed by atoms with E-state index in [0.717, 1.165) is 31.7 Å². The van der Waals surface area contributed by atoms with Gasteiger partial charge < -0.3 is 25.2 Å². The lowest BCUT2D eigenvalue weighted by Crippen LogP contribution is -2.33. The Hall–Kier alpha value is -2.66. The van der Waals surface area contributed by atoms with E-state index in [4.69, 9.17) is 26.2 Å². The highest BCUT2D eigenvalue weighted by molar-refractivity contribution is 6.33. The van der Waals surface area contributed by atoms with E-state index >= 15 is 0 Å². The van der Waals surface area contributed by atoms with Gasteiger partial charge in [-0.3, -0.25) is 9.69 Å². The number of amides is 1. The molecule has 1 aliphatic rings. The molecule has 174 valence electrons. The molecule has 1 aliphatic heterocycles. The van der Waals surface area contributed by atoms with Crippen LogP contribution in [0.2, 0.25) is 5.02 Å². The maximum atomic E-state index is 11.9. The highest BCUT2D eigenvalue weighted by Gasteiger charge is 2.17. The molecule has 2 heterocycles. The van der Waals surface area contributed by atoms with Crippen molar-refractivity contribution in [1.29, 1.82) is 0 Å². The number of hydrogen-bond acceptors (Lipinski definition) is 7. The van der Waals surface area contributed by atoms with Gasteiger partial charge in [0.1, 0.15) is 5.02 Å². The Morgan fingerprint density at radius 2 is 2.00 bits per heavy atom. The second kappa shape index (κ2) is 11.8. The third kappa shape index (κ3) is 6.92. The summed E-state index contributed by atoms with van der Waals surface area (Å²) in [5, 5.41) is 18.0. The quantitative estimate of drug-likeness (QED) is 0.430. The molecule has 0 unspecified atom stereocenters. The fourth-order valence-corrected chi connectivity index (χ4v) is 3.60. The number of anilines is 2. The van der Waals surface area contributed by atoms with E-state index in [9.17, 15) is 9.59 Å². The number of halogens is 1. The van der Waals surface area contributed by atoms with Crippen molar-refractivity contribution in [2.24, 2.45) is 7.05 Å². The van der Waals surface area contributed by atoms with Gasteiger partial charge in [0.05, 0.1) is 38.3 Å². The number of nitrogens with zero attached hydrogens (tertiary/aromatic N) is 3. The van der Waals surface area contributed by atoms with Gasteiger partial charge in [-0.15, -0.1) is 0 Å². The molecule has 11 heteroatoms. The number of hydrogen-bond donors (Lipinski definition) is 3. The Labute approximate surface area is 191 Å². The number of aromatic nitrogens is 2. The first-order valence-electron chi connectivity index (χ1n) is 10.4. The van der Waals surface area contributed by atoms with Gasteiger partial charge in [-0.25, -0.2) is 9.48 Å². The van der Waals surface area contributed by atoms with E-state index in [1.54, 1.807) is 13.2 Å². The van der Waals surface area contributed by atoms with Crippen molar-refractivity contribution in [1.82, 2.24) is 20.0 Å². The van der Waals surface area contributed by atoms with Crippen LogP contribution < -0.4 is 16.2 Å². The molecule has 0 fully saturated rings. The molecule has 10 nitrogen and oxygen atoms in total. The smallest absolute Gasteiger partial charge is 0.404 e. The van der Waals surface area contributed by atoms with E-state index in [2.05, 4.69) is 32.8 Å². The Bertz CT molecular complexity index is 984. The number of carboxylic acid groups (broad SMARTS) is 1. The summed E-state index contributed by atoms with van der Waals surface area (Å²) in [6.07, 6.45) is 1.42. The molecular formula is C21H28ClN5O5. The zero-order valence-corrected chi connectivity index (χ0v) is 18.7. The standard InChI is InChI=1S/C21H28ClN5O5/c1-26-20(28)19(22)18(13-24-26)25-17-3-2-16-14-27(6-4-15(16)12-17)7-9-32-11-10-31-8-5-23-21(29)30/h2-3,12-13,23,25H,4-11,14H2,1H3,(H,29,30). The number of rotatable bonds is 11. The van der Waals surface area contributed by atoms with E-state index in [-0.39, 0.29) is 17.1 Å². The number of aryl methyl sites for hydroxylation is 1. The van der Waals surface area contributed by atoms with E-state index in [0.29, 0.717) is 32.1 Å². The normalized spacial score (nSPS) is 13.6. The molecule has 0 saturated carbocycles. The van der Waals surface area contributed by atoms with E-state index in [1.165, 1.54) is 15.8 Å². The molecule has 3 rings (SSSR count). The molecule has 1 aromatic heterocycles. The second-order valence-corrected chi connectivity index (χ2v) is 7.77. The van der Waals surface area contributed by atoms with Crippen LogP contribution in [-0.2, 0) is 29.5 Å². The predicted octanol–water partition coefficient (Wildman–Crippen LogP) is 1.84. The van der Waals surface area contributed by atoms with Crippen LogP contribution in [0.25, 0.3) is 0 Å². The first kappa shape index (κ1) is 24.0. The summed E-state index contributed by atoms with van der Waals surface area (Å²) in [5.74, 6) is 0. The zero-order chi connectivity index (χ0) is 22.9. The summed E-state index contributed by atoms with van der Waals surface area (Å²) < 4.78 is 12.1. The van der Waals surface area contributed by atoms with Crippen LogP contribution in [-0.4, -0.2) is 71.9 Å². The van der Waals surface area contributed by atoms with Crippen LogP contribution in [0.3, 0.4) is 0 Å². The van der Waals surface area contributed by atoms with Gasteiger partial charge in [0.15, 0.2) is 0 Å². The minimum absolute atomic E-state index is 0.119. The molecule has 0 radical (unpaired) electrons. The summed E-state index contributed by atoms with van der Waals surface area (Å²) in [4.78, 5) is 24.6. The van der Waals surface area contributed by atoms with Crippen LogP contribution in [0.1, 0.15) is 11.1 Å². The van der Waals surface area contributed by atoms with Crippen LogP contribution >= 0.6 is 11.6 Å². The van der Waals surface area contributed by atoms with E-state index in [1.807, 2.05) is 6.07 Å². The van der Waals surface area contributed by atoms with Gasteiger partial charge in [0, 0.05) is 38.9 Å². The molecule has 0 atom stereocenters. The molecule has 0 bridgehead atoms. The van der Waals surface area contributed by atoms with Crippen molar-refractivity contribution < 1.29 is 19.4 Å². The zero-order valence-electron chi connectivity index (χ0n) is 18.0. The first-order valence-corrected chi connectivity index (χ1v) is 10.8. The van der Waals surface area contributed by atoms with Crippen molar-refractivity contribution in [3.8, 4) is 0 Å². The molecular weight excluding hydrogens is 438 g/mol. The Morgan fingerprint density at radius 1 is 1.22 bits per heavy atom. The SMILES string of the molecule is Cn1ncc(Nc2ccc3c(c2)CCN(CCOCCOCCNC(=O)O)C3)c(Cl)c1=O. The minimum Gasteiger partial charge on any atom is -0.465 e. The first-order chi connectivity index (χ1) is 15.4. The molecule has 0 aliphatic carbocycles. The number of carbonyl (C=O) groups is 1. The second-order valence-electron chi connectivity index (χ2n) is 7.39. The van der Waals surface area contributed by atoms with Gasteiger partial charge in [-0.05, 0) is 29.7 Å². The summed E-state index contributed by atoms with van der Waals surface area (Å²) in [5.41, 5.74) is 3.56. The summed E-state index contributed by atoms with van der Waals surface area (Å²) in [6.45, 7) is 4.75. The molecule has 1 amide bonds. The Morgan fingerprint density at radius 3 is 2.78 bits per heavy atom. The molecule has 3 N–H and O–H groups in total. The molecule has 1 aromatic carbocycles. The maximum absolute atomic E-state index is 11.9. The van der Waals surface area contributed by atoms with Crippen molar-refractivity contribution >= 4 is 29.1 Å². The lowest BCUT2D eigenvalue weighted by Gasteiger charge is -2.29. The highest BCUT2D eigenvalue weighted by atomic mass is 35.5. The van der Waals surface area contributed by atoms with Gasteiger partial charge in [0.25, 0.3) is 5.56 Å². The minimum atomic E-state index is -1.05. The average Bonchev–Trinajstić information content (AvgIpc) is 2.78. The summed E-state index contributed by atoms with van der Waals surface area (Å²) >= 11 is 6.14. The van der Waals surface area contributed by atoms with Crippen molar-refractivity contribution in [2.45, 2.75) is 13.0 Å². The number of fused-ring (bicyclic) bond motifs is 1. The fourth-order valence-electron chi connectivity index (χ4n) is 3.38. The number of nitrogens with one attached hydrogen (secondary N) is 2. The average molecular weight is 466 g/mol. The van der Waals surface area contributed by atoms with Crippen molar-refractivity contribution in [3.05, 3.63) is 50.9 Å². The Balaban J connectivity index is 1.40. The topological polar surface area (TPSA) is 118 Å². The highest BCUT2D eigenvalue weighted by Crippen LogP contribution is 2.26. The van der Waals surface area contributed by atoms with Gasteiger partial charge in [-0.1, -0.05) is 17.7 Å². The van der Waals surface area contributed by atoms with Gasteiger partial charge in [-0.2, -0.15) is 5.10 Å². The predicted molar refractivity (Wildman–Crippen MR) is 121 cm³/mol. The Kier molecular flexibility index (Phi) is 8.86. The number of benzene rings is 1. The molecule has 32 heavy (non-hydrogen) atoms. The summed E-state index contributed by atoms with van der Waals surface area (Å²) in [7, 11) is 1.56. The van der Waals surface area contributed by atoms with Gasteiger partial charge >= 0.3 is 6.09 Å².